The van der Waals surface area contributed by atoms with Gasteiger partial charge in [-0.05, 0) is 26.2 Å². The molecule has 2 fully saturated rings. The third kappa shape index (κ3) is 3.53. The molecule has 0 aromatic carbocycles. The third-order valence-electron chi connectivity index (χ3n) is 5.41. The van der Waals surface area contributed by atoms with Crippen molar-refractivity contribution < 1.29 is 9.90 Å². The second kappa shape index (κ2) is 6.90. The van der Waals surface area contributed by atoms with Crippen molar-refractivity contribution in [1.29, 1.82) is 0 Å². The van der Waals surface area contributed by atoms with Gasteiger partial charge in [0.05, 0.1) is 5.41 Å². The zero-order valence-corrected chi connectivity index (χ0v) is 13.1. The highest BCUT2D eigenvalue weighted by atomic mass is 16.4. The number of piperazine rings is 1. The van der Waals surface area contributed by atoms with Crippen LogP contribution in [0.25, 0.3) is 0 Å². The second-order valence-corrected chi connectivity index (χ2v) is 6.72. The highest BCUT2D eigenvalue weighted by molar-refractivity contribution is 5.75. The second-order valence-electron chi connectivity index (χ2n) is 6.72. The lowest BCUT2D eigenvalue weighted by Gasteiger charge is -2.42. The highest BCUT2D eigenvalue weighted by Gasteiger charge is 2.41. The molecule has 1 atom stereocenters. The van der Waals surface area contributed by atoms with E-state index in [0.717, 1.165) is 58.4 Å². The van der Waals surface area contributed by atoms with Crippen molar-refractivity contribution in [3.8, 4) is 0 Å². The zero-order chi connectivity index (χ0) is 14.6. The molecule has 1 saturated carbocycles. The lowest BCUT2D eigenvalue weighted by Crippen LogP contribution is -2.53. The maximum absolute atomic E-state index is 11.7. The van der Waals surface area contributed by atoms with E-state index >= 15 is 0 Å². The topological polar surface area (TPSA) is 43.8 Å². The molecule has 1 aliphatic carbocycles. The van der Waals surface area contributed by atoms with Crippen LogP contribution >= 0.6 is 0 Å². The van der Waals surface area contributed by atoms with E-state index in [1.165, 1.54) is 12.8 Å². The van der Waals surface area contributed by atoms with Gasteiger partial charge in [0, 0.05) is 38.8 Å². The average Bonchev–Trinajstić information content (AvgIpc) is 2.48. The molecule has 1 unspecified atom stereocenters. The number of rotatable bonds is 5. The fourth-order valence-corrected chi connectivity index (χ4v) is 3.72. The highest BCUT2D eigenvalue weighted by Crippen LogP contribution is 2.37. The van der Waals surface area contributed by atoms with Gasteiger partial charge in [-0.1, -0.05) is 26.2 Å². The minimum atomic E-state index is -0.568. The van der Waals surface area contributed by atoms with Gasteiger partial charge in [0.15, 0.2) is 0 Å². The summed E-state index contributed by atoms with van der Waals surface area (Å²) in [6.07, 6.45) is 6.30. The Hall–Kier alpha value is -0.610. The standard InChI is InChI=1S/C16H30N2O2/c1-3-14(2)18-11-9-17(10-12-18)13-16(15(19)20)7-5-4-6-8-16/h14H,3-13H2,1-2H3,(H,19,20). The summed E-state index contributed by atoms with van der Waals surface area (Å²) in [7, 11) is 0. The number of hydrogen-bond acceptors (Lipinski definition) is 3. The average molecular weight is 282 g/mol. The molecule has 2 rings (SSSR count). The summed E-state index contributed by atoms with van der Waals surface area (Å²) in [5.41, 5.74) is -0.462. The van der Waals surface area contributed by atoms with Crippen LogP contribution in [-0.2, 0) is 4.79 Å². The van der Waals surface area contributed by atoms with E-state index in [0.29, 0.717) is 6.04 Å². The van der Waals surface area contributed by atoms with Crippen LogP contribution in [0.4, 0.5) is 0 Å². The van der Waals surface area contributed by atoms with Crippen LogP contribution in [-0.4, -0.2) is 59.6 Å². The van der Waals surface area contributed by atoms with Crippen molar-refractivity contribution in [3.05, 3.63) is 0 Å². The van der Waals surface area contributed by atoms with Crippen molar-refractivity contribution in [2.24, 2.45) is 5.41 Å². The summed E-state index contributed by atoms with van der Waals surface area (Å²) in [4.78, 5) is 16.7. The quantitative estimate of drug-likeness (QED) is 0.841. The van der Waals surface area contributed by atoms with Gasteiger partial charge in [-0.3, -0.25) is 14.6 Å². The maximum atomic E-state index is 11.7. The van der Waals surface area contributed by atoms with Crippen LogP contribution in [0, 0.1) is 5.41 Å². The first-order chi connectivity index (χ1) is 9.57. The molecule has 1 saturated heterocycles. The van der Waals surface area contributed by atoms with Crippen LogP contribution < -0.4 is 0 Å². The van der Waals surface area contributed by atoms with Gasteiger partial charge in [-0.2, -0.15) is 0 Å². The van der Waals surface area contributed by atoms with Crippen LogP contribution in [0.2, 0.25) is 0 Å². The van der Waals surface area contributed by atoms with E-state index in [2.05, 4.69) is 23.6 Å². The first-order valence-electron chi connectivity index (χ1n) is 8.27. The molecular formula is C16H30N2O2. The number of nitrogens with zero attached hydrogens (tertiary/aromatic N) is 2. The Kier molecular flexibility index (Phi) is 5.44. The molecular weight excluding hydrogens is 252 g/mol. The van der Waals surface area contributed by atoms with E-state index in [4.69, 9.17) is 0 Å². The summed E-state index contributed by atoms with van der Waals surface area (Å²) < 4.78 is 0. The predicted octanol–water partition coefficient (Wildman–Crippen LogP) is 2.44. The predicted molar refractivity (Wildman–Crippen MR) is 80.9 cm³/mol. The van der Waals surface area contributed by atoms with Crippen LogP contribution in [0.5, 0.6) is 0 Å². The number of hydrogen-bond donors (Lipinski definition) is 1. The van der Waals surface area contributed by atoms with E-state index < -0.39 is 11.4 Å². The van der Waals surface area contributed by atoms with E-state index in [9.17, 15) is 9.90 Å². The zero-order valence-electron chi connectivity index (χ0n) is 13.1. The van der Waals surface area contributed by atoms with E-state index in [1.807, 2.05) is 0 Å². The smallest absolute Gasteiger partial charge is 0.310 e. The maximum Gasteiger partial charge on any atom is 0.310 e. The summed E-state index contributed by atoms with van der Waals surface area (Å²) in [5.74, 6) is -0.568. The first kappa shape index (κ1) is 15.8. The molecule has 20 heavy (non-hydrogen) atoms. The van der Waals surface area contributed by atoms with Crippen molar-refractivity contribution in [2.45, 2.75) is 58.4 Å². The van der Waals surface area contributed by atoms with Crippen LogP contribution in [0.15, 0.2) is 0 Å². The van der Waals surface area contributed by atoms with Crippen LogP contribution in [0.1, 0.15) is 52.4 Å². The Morgan fingerprint density at radius 1 is 1.15 bits per heavy atom. The third-order valence-corrected chi connectivity index (χ3v) is 5.41. The lowest BCUT2D eigenvalue weighted by atomic mass is 9.73. The van der Waals surface area contributed by atoms with Gasteiger partial charge < -0.3 is 5.11 Å². The lowest BCUT2D eigenvalue weighted by molar-refractivity contribution is -0.153. The normalized spacial score (nSPS) is 26.3. The number of carboxylic acids is 1. The molecule has 0 amide bonds. The summed E-state index contributed by atoms with van der Waals surface area (Å²) in [6.45, 7) is 9.51. The van der Waals surface area contributed by atoms with Crippen molar-refractivity contribution >= 4 is 5.97 Å². The minimum absolute atomic E-state index is 0.462. The van der Waals surface area contributed by atoms with Gasteiger partial charge in [0.2, 0.25) is 0 Å². The fraction of sp³-hybridized carbons (Fsp3) is 0.938. The molecule has 1 aliphatic heterocycles. The Bertz CT molecular complexity index is 318. The molecule has 2 aliphatic rings. The minimum Gasteiger partial charge on any atom is -0.481 e. The Morgan fingerprint density at radius 2 is 1.75 bits per heavy atom. The van der Waals surface area contributed by atoms with Gasteiger partial charge in [0.25, 0.3) is 0 Å². The Labute approximate surface area is 123 Å². The van der Waals surface area contributed by atoms with Gasteiger partial charge in [0.1, 0.15) is 0 Å². The molecule has 0 radical (unpaired) electrons. The van der Waals surface area contributed by atoms with Crippen LogP contribution in [0.3, 0.4) is 0 Å². The fourth-order valence-electron chi connectivity index (χ4n) is 3.72. The Morgan fingerprint density at radius 3 is 2.25 bits per heavy atom. The number of carboxylic acid groups (broad SMARTS) is 1. The summed E-state index contributed by atoms with van der Waals surface area (Å²) in [6, 6.07) is 0.653. The summed E-state index contributed by atoms with van der Waals surface area (Å²) in [5, 5.41) is 9.66. The summed E-state index contributed by atoms with van der Waals surface area (Å²) >= 11 is 0. The molecule has 0 aromatic rings. The molecule has 0 spiro atoms. The van der Waals surface area contributed by atoms with E-state index in [1.54, 1.807) is 0 Å². The van der Waals surface area contributed by atoms with Crippen molar-refractivity contribution in [1.82, 2.24) is 9.80 Å². The first-order valence-corrected chi connectivity index (χ1v) is 8.27. The largest absolute Gasteiger partial charge is 0.481 e. The van der Waals surface area contributed by atoms with Gasteiger partial charge in [-0.15, -0.1) is 0 Å². The molecule has 1 N–H and O–H groups in total. The monoisotopic (exact) mass is 282 g/mol. The van der Waals surface area contributed by atoms with Crippen molar-refractivity contribution in [2.75, 3.05) is 32.7 Å². The molecule has 1 heterocycles. The molecule has 4 nitrogen and oxygen atoms in total. The number of carbonyl (C=O) groups is 1. The number of aliphatic carboxylic acids is 1. The molecule has 4 heteroatoms. The molecule has 0 aromatic heterocycles. The Balaban J connectivity index is 1.88. The molecule has 116 valence electrons. The molecule has 0 bridgehead atoms. The van der Waals surface area contributed by atoms with Gasteiger partial charge >= 0.3 is 5.97 Å². The SMILES string of the molecule is CCC(C)N1CCN(CC2(C(=O)O)CCCCC2)CC1. The van der Waals surface area contributed by atoms with E-state index in [-0.39, 0.29) is 0 Å². The van der Waals surface area contributed by atoms with Crippen molar-refractivity contribution in [3.63, 3.8) is 0 Å². The van der Waals surface area contributed by atoms with Gasteiger partial charge in [-0.25, -0.2) is 0 Å².